The molecule has 1 aromatic heterocycles. The molecule has 2 aliphatic heterocycles. The van der Waals surface area contributed by atoms with Crippen molar-refractivity contribution in [2.75, 3.05) is 44.1 Å². The SMILES string of the molecule is COc1ccc2cc1OCCCCCC(=O)NCCN(C)c1ncnc3c1C(C=N2)C(=O)N3. The Hall–Kier alpha value is -3.69. The van der Waals surface area contributed by atoms with Crippen LogP contribution in [-0.2, 0) is 9.59 Å². The number of nitrogens with zero attached hydrogens (tertiary/aromatic N) is 4. The van der Waals surface area contributed by atoms with Crippen LogP contribution in [-0.4, -0.2) is 61.9 Å². The lowest BCUT2D eigenvalue weighted by Crippen LogP contribution is -2.33. The first kappa shape index (κ1) is 22.5. The first-order valence-corrected chi connectivity index (χ1v) is 11.1. The maximum Gasteiger partial charge on any atom is 0.238 e. The number of ether oxygens (including phenoxy) is 2. The summed E-state index contributed by atoms with van der Waals surface area (Å²) in [6, 6.07) is 5.39. The maximum absolute atomic E-state index is 12.7. The molecule has 3 heterocycles. The van der Waals surface area contributed by atoms with Gasteiger partial charge in [-0.25, -0.2) is 9.97 Å². The van der Waals surface area contributed by atoms with E-state index in [1.807, 2.05) is 18.0 Å². The van der Waals surface area contributed by atoms with Crippen molar-refractivity contribution in [2.45, 2.75) is 31.6 Å². The lowest BCUT2D eigenvalue weighted by atomic mass is 10.0. The Morgan fingerprint density at radius 1 is 1.18 bits per heavy atom. The van der Waals surface area contributed by atoms with Gasteiger partial charge in [-0.05, 0) is 31.4 Å². The van der Waals surface area contributed by atoms with Crippen LogP contribution in [0.15, 0.2) is 29.5 Å². The number of carbonyl (C=O) groups excluding carboxylic acids is 2. The number of likely N-dealkylation sites (N-methyl/N-ethyl adjacent to an activating group) is 1. The number of methoxy groups -OCH3 is 1. The zero-order chi connectivity index (χ0) is 23.2. The molecule has 2 amide bonds. The fourth-order valence-corrected chi connectivity index (χ4v) is 3.87. The number of fused-ring (bicyclic) bond motifs is 2. The van der Waals surface area contributed by atoms with Crippen LogP contribution in [0.5, 0.6) is 11.5 Å². The van der Waals surface area contributed by atoms with Crippen LogP contribution in [0, 0.1) is 0 Å². The van der Waals surface area contributed by atoms with E-state index in [0.29, 0.717) is 60.5 Å². The van der Waals surface area contributed by atoms with Crippen molar-refractivity contribution >= 4 is 35.4 Å². The van der Waals surface area contributed by atoms with Crippen LogP contribution in [0.25, 0.3) is 0 Å². The third-order valence-corrected chi connectivity index (χ3v) is 5.65. The fourth-order valence-electron chi connectivity index (χ4n) is 3.87. The Kier molecular flexibility index (Phi) is 7.01. The summed E-state index contributed by atoms with van der Waals surface area (Å²) in [4.78, 5) is 39.9. The molecule has 2 N–H and O–H groups in total. The van der Waals surface area contributed by atoms with E-state index in [9.17, 15) is 9.59 Å². The number of amides is 2. The zero-order valence-corrected chi connectivity index (χ0v) is 18.8. The van der Waals surface area contributed by atoms with Gasteiger partial charge in [-0.15, -0.1) is 0 Å². The highest BCUT2D eigenvalue weighted by molar-refractivity contribution is 6.13. The summed E-state index contributed by atoms with van der Waals surface area (Å²) in [5.74, 6) is 1.47. The van der Waals surface area contributed by atoms with Gasteiger partial charge in [0, 0.05) is 38.8 Å². The highest BCUT2D eigenvalue weighted by atomic mass is 16.5. The number of aliphatic imine (C=N–C) groups is 1. The topological polar surface area (TPSA) is 118 Å². The Labute approximate surface area is 192 Å². The molecule has 1 aromatic carbocycles. The van der Waals surface area contributed by atoms with E-state index in [1.165, 1.54) is 6.33 Å². The molecule has 0 fully saturated rings. The van der Waals surface area contributed by atoms with Gasteiger partial charge in [0.15, 0.2) is 11.5 Å². The predicted molar refractivity (Wildman–Crippen MR) is 125 cm³/mol. The molecule has 2 aliphatic rings. The van der Waals surface area contributed by atoms with Gasteiger partial charge in [-0.2, -0.15) is 0 Å². The predicted octanol–water partition coefficient (Wildman–Crippen LogP) is 2.43. The Balaban J connectivity index is 1.66. The molecule has 0 saturated carbocycles. The first-order chi connectivity index (χ1) is 16.1. The van der Waals surface area contributed by atoms with Crippen LogP contribution >= 0.6 is 0 Å². The molecular weight excluding hydrogens is 424 g/mol. The smallest absolute Gasteiger partial charge is 0.238 e. The van der Waals surface area contributed by atoms with Gasteiger partial charge in [-0.1, -0.05) is 0 Å². The second-order valence-electron chi connectivity index (χ2n) is 7.97. The third-order valence-electron chi connectivity index (χ3n) is 5.65. The highest BCUT2D eigenvalue weighted by Gasteiger charge is 2.34. The molecule has 33 heavy (non-hydrogen) atoms. The number of anilines is 2. The lowest BCUT2D eigenvalue weighted by Gasteiger charge is -2.21. The molecule has 0 spiro atoms. The van der Waals surface area contributed by atoms with Crippen molar-refractivity contribution in [1.82, 2.24) is 15.3 Å². The number of hydrogen-bond acceptors (Lipinski definition) is 8. The van der Waals surface area contributed by atoms with Crippen LogP contribution < -0.4 is 25.0 Å². The van der Waals surface area contributed by atoms with Crippen molar-refractivity contribution in [3.8, 4) is 11.5 Å². The third kappa shape index (κ3) is 5.21. The van der Waals surface area contributed by atoms with Crippen molar-refractivity contribution in [3.63, 3.8) is 0 Å². The number of hydrogen-bond donors (Lipinski definition) is 2. The summed E-state index contributed by atoms with van der Waals surface area (Å²) in [5, 5.41) is 5.75. The minimum Gasteiger partial charge on any atom is -0.493 e. The number of carbonyl (C=O) groups is 2. The summed E-state index contributed by atoms with van der Waals surface area (Å²) in [6.45, 7) is 1.53. The molecule has 2 aromatic rings. The number of rotatable bonds is 1. The van der Waals surface area contributed by atoms with Gasteiger partial charge in [0.05, 0.1) is 25.0 Å². The maximum atomic E-state index is 12.7. The Bertz CT molecular complexity index is 1060. The van der Waals surface area contributed by atoms with E-state index >= 15 is 0 Å². The van der Waals surface area contributed by atoms with Gasteiger partial charge in [-0.3, -0.25) is 14.6 Å². The fraction of sp³-hybridized carbons (Fsp3) is 0.435. The molecule has 2 bridgehead atoms. The van der Waals surface area contributed by atoms with E-state index in [4.69, 9.17) is 9.47 Å². The average molecular weight is 453 g/mol. The normalized spacial score (nSPS) is 19.3. The summed E-state index contributed by atoms with van der Waals surface area (Å²) < 4.78 is 11.3. The molecule has 1 atom stereocenters. The quantitative estimate of drug-likeness (QED) is 0.682. The number of aromatic nitrogens is 2. The molecule has 4 rings (SSSR count). The first-order valence-electron chi connectivity index (χ1n) is 11.1. The largest absolute Gasteiger partial charge is 0.493 e. The van der Waals surface area contributed by atoms with Gasteiger partial charge in [0.1, 0.15) is 23.9 Å². The minimum atomic E-state index is -0.637. The van der Waals surface area contributed by atoms with Gasteiger partial charge < -0.3 is 25.0 Å². The van der Waals surface area contributed by atoms with Crippen molar-refractivity contribution in [1.29, 1.82) is 0 Å². The van der Waals surface area contributed by atoms with Crippen molar-refractivity contribution < 1.29 is 19.1 Å². The van der Waals surface area contributed by atoms with Gasteiger partial charge >= 0.3 is 0 Å². The molecule has 1 unspecified atom stereocenters. The summed E-state index contributed by atoms with van der Waals surface area (Å²) >= 11 is 0. The summed E-state index contributed by atoms with van der Waals surface area (Å²) in [7, 11) is 3.46. The Morgan fingerprint density at radius 3 is 2.91 bits per heavy atom. The van der Waals surface area contributed by atoms with E-state index in [1.54, 1.807) is 25.5 Å². The summed E-state index contributed by atoms with van der Waals surface area (Å²) in [5.41, 5.74) is 1.31. The van der Waals surface area contributed by atoms with Crippen LogP contribution in [0.4, 0.5) is 17.3 Å². The van der Waals surface area contributed by atoms with Crippen LogP contribution in [0.1, 0.15) is 37.2 Å². The van der Waals surface area contributed by atoms with Crippen LogP contribution in [0.2, 0.25) is 0 Å². The second kappa shape index (κ2) is 10.3. The molecule has 10 nitrogen and oxygen atoms in total. The molecule has 0 aliphatic carbocycles. The van der Waals surface area contributed by atoms with Crippen LogP contribution in [0.3, 0.4) is 0 Å². The van der Waals surface area contributed by atoms with E-state index < -0.39 is 5.92 Å². The monoisotopic (exact) mass is 452 g/mol. The van der Waals surface area contributed by atoms with Crippen molar-refractivity contribution in [3.05, 3.63) is 30.1 Å². The molecule has 10 heteroatoms. The molecular formula is C23H28N6O4. The van der Waals surface area contributed by atoms with E-state index in [0.717, 1.165) is 19.3 Å². The van der Waals surface area contributed by atoms with E-state index in [2.05, 4.69) is 25.6 Å². The lowest BCUT2D eigenvalue weighted by molar-refractivity contribution is -0.121. The minimum absolute atomic E-state index is 0.0198. The van der Waals surface area contributed by atoms with E-state index in [-0.39, 0.29) is 11.8 Å². The van der Waals surface area contributed by atoms with Gasteiger partial charge in [0.25, 0.3) is 0 Å². The van der Waals surface area contributed by atoms with Gasteiger partial charge in [0.2, 0.25) is 11.8 Å². The molecule has 0 saturated heterocycles. The molecule has 0 radical (unpaired) electrons. The summed E-state index contributed by atoms with van der Waals surface area (Å²) in [6.07, 6.45) is 6.00. The highest BCUT2D eigenvalue weighted by Crippen LogP contribution is 2.37. The zero-order valence-electron chi connectivity index (χ0n) is 18.8. The Morgan fingerprint density at radius 2 is 2.06 bits per heavy atom. The second-order valence-corrected chi connectivity index (χ2v) is 7.97. The standard InChI is InChI=1S/C23H28N6O4/c1-29-10-9-24-19(30)6-4-3-5-11-33-18-12-15(7-8-17(18)32-2)25-13-16-20-21(28-23(16)31)26-14-27-22(20)29/h7-8,12-14,16H,3-6,9-11H2,1-2H3,(H,24,30)(H,26,27,28,31). The van der Waals surface area contributed by atoms with Crippen molar-refractivity contribution in [2.24, 2.45) is 4.99 Å². The average Bonchev–Trinajstić information content (AvgIpc) is 3.14. The number of benzene rings is 1. The number of nitrogens with one attached hydrogen (secondary N) is 2. The molecule has 174 valence electrons.